The molecule has 27 heavy (non-hydrogen) atoms. The lowest BCUT2D eigenvalue weighted by Gasteiger charge is -2.17. The number of hydrogen-bond donors (Lipinski definition) is 2. The molecule has 0 aliphatic heterocycles. The average Bonchev–Trinajstić information content (AvgIpc) is 2.62. The summed E-state index contributed by atoms with van der Waals surface area (Å²) in [5, 5.41) is 10.5. The van der Waals surface area contributed by atoms with Crippen molar-refractivity contribution in [3.8, 4) is 0 Å². The molecule has 1 amide bonds. The second kappa shape index (κ2) is 8.18. The molecule has 3 aromatic rings. The van der Waals surface area contributed by atoms with Crippen LogP contribution in [-0.2, 0) is 4.79 Å². The number of benzene rings is 2. The number of carbonyl (C=O) groups excluding carboxylic acids is 1. The molecule has 0 radical (unpaired) electrons. The molecule has 6 nitrogen and oxygen atoms in total. The van der Waals surface area contributed by atoms with Crippen LogP contribution in [0.5, 0.6) is 0 Å². The summed E-state index contributed by atoms with van der Waals surface area (Å²) in [7, 11) is 0. The molecule has 7 heteroatoms. The molecule has 0 unspecified atom stereocenters. The van der Waals surface area contributed by atoms with E-state index in [4.69, 9.17) is 0 Å². The molecule has 2 aromatic carbocycles. The Morgan fingerprint density at radius 1 is 1.04 bits per heavy atom. The Morgan fingerprint density at radius 2 is 1.70 bits per heavy atom. The predicted octanol–water partition coefficient (Wildman–Crippen LogP) is 3.56. The second-order valence-electron chi connectivity index (χ2n) is 6.32. The number of aryl methyl sites for hydroxylation is 3. The van der Waals surface area contributed by atoms with E-state index in [-0.39, 0.29) is 17.2 Å². The van der Waals surface area contributed by atoms with Crippen LogP contribution < -0.4 is 10.9 Å². The van der Waals surface area contributed by atoms with Crippen LogP contribution in [0.2, 0.25) is 0 Å². The second-order valence-corrected chi connectivity index (χ2v) is 7.41. The van der Waals surface area contributed by atoms with Gasteiger partial charge in [0.15, 0.2) is 5.16 Å². The van der Waals surface area contributed by atoms with Crippen molar-refractivity contribution in [1.29, 1.82) is 0 Å². The molecule has 3 rings (SSSR count). The van der Waals surface area contributed by atoms with Gasteiger partial charge in [-0.25, -0.2) is 0 Å². The van der Waals surface area contributed by atoms with Crippen LogP contribution in [0.4, 0.5) is 5.69 Å². The number of aromatic nitrogens is 3. The van der Waals surface area contributed by atoms with E-state index in [1.54, 1.807) is 6.92 Å². The van der Waals surface area contributed by atoms with E-state index in [1.165, 1.54) is 0 Å². The molecule has 2 N–H and O–H groups in total. The molecule has 0 spiro atoms. The molecule has 1 heterocycles. The normalized spacial score (nSPS) is 11.8. The van der Waals surface area contributed by atoms with E-state index in [9.17, 15) is 9.59 Å². The van der Waals surface area contributed by atoms with Gasteiger partial charge in [-0.15, -0.1) is 10.2 Å². The predicted molar refractivity (Wildman–Crippen MR) is 107 cm³/mol. The summed E-state index contributed by atoms with van der Waals surface area (Å²) in [4.78, 5) is 27.5. The van der Waals surface area contributed by atoms with Crippen molar-refractivity contribution in [3.05, 3.63) is 81.3 Å². The lowest BCUT2D eigenvalue weighted by atomic mass is 10.1. The fourth-order valence-corrected chi connectivity index (χ4v) is 3.62. The molecule has 0 aliphatic carbocycles. The first-order valence-electron chi connectivity index (χ1n) is 8.47. The molecule has 0 bridgehead atoms. The SMILES string of the molecule is Cc1cc(C)cc(NC(=O)[C@H](Sc2nnc(C)c(=O)[nH]2)c2ccccc2)c1. The Kier molecular flexibility index (Phi) is 5.71. The number of aromatic amines is 1. The number of thioether (sulfide) groups is 1. The highest BCUT2D eigenvalue weighted by Crippen LogP contribution is 2.34. The van der Waals surface area contributed by atoms with Crippen molar-refractivity contribution in [2.75, 3.05) is 5.32 Å². The number of H-pyrrole nitrogens is 1. The summed E-state index contributed by atoms with van der Waals surface area (Å²) in [5.41, 5.74) is 3.67. The maximum Gasteiger partial charge on any atom is 0.273 e. The Balaban J connectivity index is 1.90. The van der Waals surface area contributed by atoms with Crippen LogP contribution in [0.15, 0.2) is 58.5 Å². The third-order valence-corrected chi connectivity index (χ3v) is 5.03. The summed E-state index contributed by atoms with van der Waals surface area (Å²) in [6.45, 7) is 5.55. The highest BCUT2D eigenvalue weighted by molar-refractivity contribution is 8.00. The third-order valence-electron chi connectivity index (χ3n) is 3.90. The highest BCUT2D eigenvalue weighted by atomic mass is 32.2. The van der Waals surface area contributed by atoms with Crippen LogP contribution >= 0.6 is 11.8 Å². The maximum atomic E-state index is 13.0. The molecule has 0 saturated heterocycles. The van der Waals surface area contributed by atoms with E-state index in [1.807, 2.05) is 62.4 Å². The molecule has 0 aliphatic rings. The van der Waals surface area contributed by atoms with Crippen molar-refractivity contribution in [3.63, 3.8) is 0 Å². The van der Waals surface area contributed by atoms with Gasteiger partial charge in [0.2, 0.25) is 5.91 Å². The quantitative estimate of drug-likeness (QED) is 0.661. The van der Waals surface area contributed by atoms with Crippen LogP contribution in [0.25, 0.3) is 0 Å². The van der Waals surface area contributed by atoms with Gasteiger partial charge in [0.1, 0.15) is 10.9 Å². The fraction of sp³-hybridized carbons (Fsp3) is 0.200. The monoisotopic (exact) mass is 380 g/mol. The zero-order valence-electron chi connectivity index (χ0n) is 15.3. The Labute approximate surface area is 161 Å². The number of nitrogens with zero attached hydrogens (tertiary/aromatic N) is 2. The lowest BCUT2D eigenvalue weighted by molar-refractivity contribution is -0.115. The van der Waals surface area contributed by atoms with E-state index < -0.39 is 5.25 Å². The number of hydrogen-bond acceptors (Lipinski definition) is 5. The molecule has 0 fully saturated rings. The summed E-state index contributed by atoms with van der Waals surface area (Å²) in [6.07, 6.45) is 0. The van der Waals surface area contributed by atoms with Crippen molar-refractivity contribution >= 4 is 23.4 Å². The largest absolute Gasteiger partial charge is 0.325 e. The Bertz CT molecular complexity index is 998. The van der Waals surface area contributed by atoms with Gasteiger partial charge < -0.3 is 5.32 Å². The van der Waals surface area contributed by atoms with Crippen LogP contribution in [0.1, 0.15) is 27.6 Å². The maximum absolute atomic E-state index is 13.0. The minimum absolute atomic E-state index is 0.195. The smallest absolute Gasteiger partial charge is 0.273 e. The van der Waals surface area contributed by atoms with Gasteiger partial charge in [-0.05, 0) is 49.6 Å². The topological polar surface area (TPSA) is 87.7 Å². The minimum Gasteiger partial charge on any atom is -0.325 e. The lowest BCUT2D eigenvalue weighted by Crippen LogP contribution is -2.21. The van der Waals surface area contributed by atoms with Crippen molar-refractivity contribution in [2.45, 2.75) is 31.2 Å². The van der Waals surface area contributed by atoms with Crippen molar-refractivity contribution in [1.82, 2.24) is 15.2 Å². The van der Waals surface area contributed by atoms with Gasteiger partial charge >= 0.3 is 0 Å². The number of amides is 1. The molecular weight excluding hydrogens is 360 g/mol. The highest BCUT2D eigenvalue weighted by Gasteiger charge is 2.23. The Hall–Kier alpha value is -2.93. The van der Waals surface area contributed by atoms with Gasteiger partial charge in [-0.3, -0.25) is 14.6 Å². The van der Waals surface area contributed by atoms with Gasteiger partial charge in [-0.2, -0.15) is 0 Å². The number of rotatable bonds is 5. The van der Waals surface area contributed by atoms with Gasteiger partial charge in [-0.1, -0.05) is 48.2 Å². The standard InChI is InChI=1S/C20H20N4O2S/c1-12-9-13(2)11-16(10-12)21-19(26)17(15-7-5-4-6-8-15)27-20-22-18(25)14(3)23-24-20/h4-11,17H,1-3H3,(H,21,26)(H,22,24,25)/t17-/m1/s1. The number of carbonyl (C=O) groups is 1. The van der Waals surface area contributed by atoms with Crippen LogP contribution in [-0.4, -0.2) is 21.1 Å². The van der Waals surface area contributed by atoms with E-state index in [2.05, 4.69) is 20.5 Å². The van der Waals surface area contributed by atoms with Gasteiger partial charge in [0.05, 0.1) is 0 Å². The van der Waals surface area contributed by atoms with Crippen LogP contribution in [0, 0.1) is 20.8 Å². The molecule has 1 aromatic heterocycles. The van der Waals surface area contributed by atoms with Crippen molar-refractivity contribution in [2.24, 2.45) is 0 Å². The van der Waals surface area contributed by atoms with E-state index in [0.717, 1.165) is 34.1 Å². The molecular formula is C20H20N4O2S. The summed E-state index contributed by atoms with van der Waals surface area (Å²) < 4.78 is 0. The van der Waals surface area contributed by atoms with Gasteiger partial charge in [0.25, 0.3) is 5.56 Å². The number of nitrogens with one attached hydrogen (secondary N) is 2. The fourth-order valence-electron chi connectivity index (χ4n) is 2.70. The van der Waals surface area contributed by atoms with Gasteiger partial charge in [0, 0.05) is 5.69 Å². The first-order valence-corrected chi connectivity index (χ1v) is 9.35. The molecule has 138 valence electrons. The minimum atomic E-state index is -0.584. The Morgan fingerprint density at radius 3 is 2.33 bits per heavy atom. The third kappa shape index (κ3) is 4.83. The zero-order chi connectivity index (χ0) is 19.4. The number of anilines is 1. The first-order chi connectivity index (χ1) is 12.9. The average molecular weight is 380 g/mol. The molecule has 1 atom stereocenters. The first kappa shape index (κ1) is 18.8. The van der Waals surface area contributed by atoms with Crippen molar-refractivity contribution < 1.29 is 4.79 Å². The van der Waals surface area contributed by atoms with E-state index in [0.29, 0.717) is 5.16 Å². The van der Waals surface area contributed by atoms with Crippen LogP contribution in [0.3, 0.4) is 0 Å². The summed E-state index contributed by atoms with van der Waals surface area (Å²) in [5.74, 6) is -0.195. The summed E-state index contributed by atoms with van der Waals surface area (Å²) >= 11 is 1.16. The zero-order valence-corrected chi connectivity index (χ0v) is 16.1. The van der Waals surface area contributed by atoms with E-state index >= 15 is 0 Å². The summed E-state index contributed by atoms with van der Waals surface area (Å²) in [6, 6.07) is 15.3. The molecule has 0 saturated carbocycles.